The third-order valence-corrected chi connectivity index (χ3v) is 5.72. The maximum absolute atomic E-state index is 13.5. The zero-order chi connectivity index (χ0) is 23.3. The highest BCUT2D eigenvalue weighted by Crippen LogP contribution is 2.41. The zero-order valence-corrected chi connectivity index (χ0v) is 18.2. The van der Waals surface area contributed by atoms with Crippen molar-refractivity contribution in [2.24, 2.45) is 0 Å². The Balaban J connectivity index is 1.40. The van der Waals surface area contributed by atoms with Crippen LogP contribution in [0.4, 0.5) is 19.1 Å². The van der Waals surface area contributed by atoms with Crippen LogP contribution in [0.2, 0.25) is 10.0 Å². The standard InChI is InChI=1S/C20H14Cl2F3N7O/c21-12-4-3-11(14(22)5-12)8-31-9-26-19(30-31)29-18(33)13-7-27-32-16(20(23,24)25)6-15(10-1-2-10)28-17(13)32/h3-7,9-10H,1-2,8H2,(H,29,30,33). The predicted molar refractivity (Wildman–Crippen MR) is 114 cm³/mol. The molecule has 3 aromatic heterocycles. The zero-order valence-electron chi connectivity index (χ0n) is 16.6. The minimum absolute atomic E-state index is 0.0289. The summed E-state index contributed by atoms with van der Waals surface area (Å²) in [6.45, 7) is 0.275. The Morgan fingerprint density at radius 2 is 2.00 bits per heavy atom. The van der Waals surface area contributed by atoms with Crippen molar-refractivity contribution in [1.82, 2.24) is 29.4 Å². The van der Waals surface area contributed by atoms with E-state index in [9.17, 15) is 18.0 Å². The highest BCUT2D eigenvalue weighted by molar-refractivity contribution is 6.35. The Morgan fingerprint density at radius 3 is 2.70 bits per heavy atom. The molecule has 0 aliphatic heterocycles. The molecule has 33 heavy (non-hydrogen) atoms. The van der Waals surface area contributed by atoms with Crippen LogP contribution in [0, 0.1) is 0 Å². The first-order chi connectivity index (χ1) is 15.7. The molecule has 8 nitrogen and oxygen atoms in total. The van der Waals surface area contributed by atoms with Gasteiger partial charge in [-0.05, 0) is 36.6 Å². The van der Waals surface area contributed by atoms with Crippen LogP contribution in [0.15, 0.2) is 36.8 Å². The average Bonchev–Trinajstić information content (AvgIpc) is 3.36. The van der Waals surface area contributed by atoms with Gasteiger partial charge in [-0.1, -0.05) is 29.3 Å². The van der Waals surface area contributed by atoms with E-state index >= 15 is 0 Å². The van der Waals surface area contributed by atoms with E-state index in [1.807, 2.05) is 0 Å². The van der Waals surface area contributed by atoms with Gasteiger partial charge < -0.3 is 0 Å². The van der Waals surface area contributed by atoms with Crippen LogP contribution in [0.1, 0.15) is 46.1 Å². The summed E-state index contributed by atoms with van der Waals surface area (Å²) >= 11 is 12.1. The lowest BCUT2D eigenvalue weighted by atomic mass is 10.2. The van der Waals surface area contributed by atoms with Crippen molar-refractivity contribution in [3.05, 3.63) is 69.3 Å². The number of nitrogens with zero attached hydrogens (tertiary/aromatic N) is 6. The minimum Gasteiger partial charge on any atom is -0.289 e. The number of fused-ring (bicyclic) bond motifs is 1. The van der Waals surface area contributed by atoms with Gasteiger partial charge >= 0.3 is 6.18 Å². The van der Waals surface area contributed by atoms with Crippen LogP contribution in [0.25, 0.3) is 5.65 Å². The molecule has 0 unspecified atom stereocenters. The smallest absolute Gasteiger partial charge is 0.289 e. The van der Waals surface area contributed by atoms with Gasteiger partial charge in [0.15, 0.2) is 5.65 Å². The first-order valence-corrected chi connectivity index (χ1v) is 10.6. The molecule has 13 heteroatoms. The molecule has 1 saturated carbocycles. The molecule has 0 saturated heterocycles. The average molecular weight is 496 g/mol. The van der Waals surface area contributed by atoms with Gasteiger partial charge in [-0.25, -0.2) is 19.2 Å². The first kappa shape index (κ1) is 21.7. The molecule has 3 heterocycles. The molecular weight excluding hydrogens is 482 g/mol. The lowest BCUT2D eigenvalue weighted by Crippen LogP contribution is -2.17. The summed E-state index contributed by atoms with van der Waals surface area (Å²) in [5.74, 6) is -0.793. The molecule has 0 atom stereocenters. The van der Waals surface area contributed by atoms with Crippen molar-refractivity contribution in [2.45, 2.75) is 31.5 Å². The molecule has 1 fully saturated rings. The maximum atomic E-state index is 13.5. The molecule has 1 N–H and O–H groups in total. The lowest BCUT2D eigenvalue weighted by molar-refractivity contribution is -0.142. The molecule has 1 amide bonds. The fourth-order valence-corrected chi connectivity index (χ4v) is 3.82. The van der Waals surface area contributed by atoms with E-state index in [0.717, 1.165) is 30.7 Å². The van der Waals surface area contributed by atoms with Gasteiger partial charge in [-0.15, -0.1) is 5.10 Å². The van der Waals surface area contributed by atoms with Gasteiger partial charge in [0.25, 0.3) is 5.91 Å². The number of anilines is 1. The first-order valence-electron chi connectivity index (χ1n) is 9.79. The van der Waals surface area contributed by atoms with Gasteiger partial charge in [-0.2, -0.15) is 18.3 Å². The van der Waals surface area contributed by atoms with E-state index in [4.69, 9.17) is 23.2 Å². The Kier molecular flexibility index (Phi) is 5.25. The quantitative estimate of drug-likeness (QED) is 0.428. The molecule has 5 rings (SSSR count). The Hall–Kier alpha value is -3.18. The van der Waals surface area contributed by atoms with Crippen molar-refractivity contribution < 1.29 is 18.0 Å². The van der Waals surface area contributed by atoms with Crippen LogP contribution in [0.3, 0.4) is 0 Å². The number of aromatic nitrogens is 6. The van der Waals surface area contributed by atoms with Crippen molar-refractivity contribution in [3.63, 3.8) is 0 Å². The van der Waals surface area contributed by atoms with E-state index in [1.54, 1.807) is 18.2 Å². The lowest BCUT2D eigenvalue weighted by Gasteiger charge is -2.11. The number of amides is 1. The summed E-state index contributed by atoms with van der Waals surface area (Å²) in [6, 6.07) is 6.02. The number of benzene rings is 1. The summed E-state index contributed by atoms with van der Waals surface area (Å²) in [5.41, 5.74) is -0.220. The number of carbonyl (C=O) groups excluding carboxylic acids is 1. The molecule has 0 bridgehead atoms. The number of rotatable bonds is 5. The Bertz CT molecular complexity index is 1380. The largest absolute Gasteiger partial charge is 0.433 e. The number of carbonyl (C=O) groups is 1. The van der Waals surface area contributed by atoms with Gasteiger partial charge in [0.05, 0.1) is 12.7 Å². The fourth-order valence-electron chi connectivity index (χ4n) is 3.35. The van der Waals surface area contributed by atoms with Crippen LogP contribution in [-0.4, -0.2) is 35.3 Å². The topological polar surface area (TPSA) is 90.0 Å². The Labute approximate surface area is 194 Å². The Morgan fingerprint density at radius 1 is 1.21 bits per heavy atom. The normalized spacial score (nSPS) is 14.1. The second-order valence-electron chi connectivity index (χ2n) is 7.59. The predicted octanol–water partition coefficient (Wildman–Crippen LogP) is 4.82. The van der Waals surface area contributed by atoms with Crippen LogP contribution < -0.4 is 5.32 Å². The highest BCUT2D eigenvalue weighted by atomic mass is 35.5. The highest BCUT2D eigenvalue weighted by Gasteiger charge is 2.38. The summed E-state index contributed by atoms with van der Waals surface area (Å²) < 4.78 is 42.7. The van der Waals surface area contributed by atoms with E-state index in [1.165, 1.54) is 11.0 Å². The maximum Gasteiger partial charge on any atom is 0.433 e. The second kappa shape index (κ2) is 7.99. The number of hydrogen-bond donors (Lipinski definition) is 1. The van der Waals surface area contributed by atoms with E-state index in [-0.39, 0.29) is 29.6 Å². The van der Waals surface area contributed by atoms with Crippen molar-refractivity contribution in [3.8, 4) is 0 Å². The van der Waals surface area contributed by atoms with Crippen LogP contribution in [-0.2, 0) is 12.7 Å². The van der Waals surface area contributed by atoms with Crippen molar-refractivity contribution in [2.75, 3.05) is 5.32 Å². The molecule has 1 aliphatic carbocycles. The number of halogens is 5. The summed E-state index contributed by atoms with van der Waals surface area (Å²) in [7, 11) is 0. The minimum atomic E-state index is -4.64. The molecule has 170 valence electrons. The molecule has 1 aliphatic rings. The van der Waals surface area contributed by atoms with E-state index in [2.05, 4.69) is 25.5 Å². The monoisotopic (exact) mass is 495 g/mol. The summed E-state index contributed by atoms with van der Waals surface area (Å²) in [5, 5.41) is 11.3. The third-order valence-electron chi connectivity index (χ3n) is 5.13. The molecular formula is C20H14Cl2F3N7O. The second-order valence-corrected chi connectivity index (χ2v) is 8.43. The van der Waals surface area contributed by atoms with Crippen molar-refractivity contribution >= 4 is 40.7 Å². The molecule has 0 spiro atoms. The molecule has 0 radical (unpaired) electrons. The summed E-state index contributed by atoms with van der Waals surface area (Å²) in [6.07, 6.45) is -0.686. The summed E-state index contributed by atoms with van der Waals surface area (Å²) in [4.78, 5) is 21.1. The van der Waals surface area contributed by atoms with Crippen molar-refractivity contribution in [1.29, 1.82) is 0 Å². The van der Waals surface area contributed by atoms with Gasteiger partial charge in [0.1, 0.15) is 17.6 Å². The molecule has 4 aromatic rings. The van der Waals surface area contributed by atoms with Gasteiger partial charge in [0, 0.05) is 21.7 Å². The fraction of sp³-hybridized carbons (Fsp3) is 0.250. The molecule has 1 aromatic carbocycles. The van der Waals surface area contributed by atoms with Gasteiger partial charge in [0.2, 0.25) is 5.95 Å². The third kappa shape index (κ3) is 4.38. The SMILES string of the molecule is O=C(Nc1ncn(Cc2ccc(Cl)cc2Cl)n1)c1cnn2c(C(F)(F)F)cc(C3CC3)nc12. The number of hydrogen-bond acceptors (Lipinski definition) is 5. The van der Waals surface area contributed by atoms with Gasteiger partial charge in [-0.3, -0.25) is 10.1 Å². The number of nitrogens with one attached hydrogen (secondary N) is 1. The van der Waals surface area contributed by atoms with Crippen LogP contribution in [0.5, 0.6) is 0 Å². The number of alkyl halides is 3. The van der Waals surface area contributed by atoms with E-state index in [0.29, 0.717) is 20.3 Å². The van der Waals surface area contributed by atoms with Crippen LogP contribution >= 0.6 is 23.2 Å². The van der Waals surface area contributed by atoms with E-state index < -0.39 is 17.8 Å².